The van der Waals surface area contributed by atoms with Gasteiger partial charge in [-0.25, -0.2) is 18.9 Å². The van der Waals surface area contributed by atoms with Crippen LogP contribution in [0.4, 0.5) is 4.39 Å². The zero-order chi connectivity index (χ0) is 19.1. The Kier molecular flexibility index (Phi) is 4.24. The molecule has 0 amide bonds. The van der Waals surface area contributed by atoms with Crippen LogP contribution in [0.2, 0.25) is 0 Å². The van der Waals surface area contributed by atoms with Crippen molar-refractivity contribution in [3.8, 4) is 16.9 Å². The Bertz CT molecular complexity index is 1200. The number of rotatable bonds is 3. The third-order valence-electron chi connectivity index (χ3n) is 4.34. The maximum absolute atomic E-state index is 13.5. The molecule has 0 atom stereocenters. The number of fused-ring (bicyclic) bond motifs is 1. The number of hydrogen-bond acceptors (Lipinski definition) is 3. The molecular weight excluding hydrogens is 413 g/mol. The van der Waals surface area contributed by atoms with Gasteiger partial charge in [-0.05, 0) is 49.4 Å². The molecule has 0 saturated carbocycles. The van der Waals surface area contributed by atoms with Crippen LogP contribution in [0, 0.1) is 12.7 Å². The zero-order valence-electron chi connectivity index (χ0n) is 14.1. The monoisotopic (exact) mass is 425 g/mol. The minimum Gasteiger partial charge on any atom is -0.478 e. The lowest BCUT2D eigenvalue weighted by molar-refractivity contribution is 0.0699. The van der Waals surface area contributed by atoms with E-state index in [1.54, 1.807) is 35.1 Å². The van der Waals surface area contributed by atoms with Crippen molar-refractivity contribution in [3.05, 3.63) is 76.3 Å². The van der Waals surface area contributed by atoms with Crippen molar-refractivity contribution in [2.45, 2.75) is 6.92 Å². The van der Waals surface area contributed by atoms with Crippen molar-refractivity contribution >= 4 is 32.8 Å². The van der Waals surface area contributed by atoms with Crippen molar-refractivity contribution < 1.29 is 14.3 Å². The first-order valence-corrected chi connectivity index (χ1v) is 8.88. The molecule has 0 spiro atoms. The number of aromatic carboxylic acids is 1. The van der Waals surface area contributed by atoms with Gasteiger partial charge in [0.05, 0.1) is 34.4 Å². The Hall–Kier alpha value is -3.06. The number of nitrogens with zero attached hydrogens (tertiary/aromatic N) is 3. The van der Waals surface area contributed by atoms with Crippen molar-refractivity contribution in [1.29, 1.82) is 0 Å². The standard InChI is InChI=1S/C20H13BrFN3O2/c1-11-17(10-23-25(11)14-4-2-3-13(22)8-14)19-9-16(20(26)27)15-7-12(21)5-6-18(15)24-19/h2-10H,1H3,(H,26,27). The van der Waals surface area contributed by atoms with Crippen LogP contribution < -0.4 is 0 Å². The van der Waals surface area contributed by atoms with Crippen LogP contribution in [0.1, 0.15) is 16.1 Å². The van der Waals surface area contributed by atoms with Crippen molar-refractivity contribution in [3.63, 3.8) is 0 Å². The van der Waals surface area contributed by atoms with Crippen LogP contribution in [0.5, 0.6) is 0 Å². The Morgan fingerprint density at radius 1 is 1.19 bits per heavy atom. The van der Waals surface area contributed by atoms with Crippen LogP contribution >= 0.6 is 15.9 Å². The topological polar surface area (TPSA) is 68.0 Å². The second-order valence-electron chi connectivity index (χ2n) is 6.06. The molecular formula is C20H13BrFN3O2. The number of carboxylic acid groups (broad SMARTS) is 1. The number of hydrogen-bond donors (Lipinski definition) is 1. The van der Waals surface area contributed by atoms with Gasteiger partial charge in [-0.1, -0.05) is 22.0 Å². The van der Waals surface area contributed by atoms with E-state index >= 15 is 0 Å². The molecule has 5 nitrogen and oxygen atoms in total. The normalized spacial score (nSPS) is 11.1. The molecule has 4 rings (SSSR count). The molecule has 0 saturated heterocycles. The summed E-state index contributed by atoms with van der Waals surface area (Å²) in [4.78, 5) is 16.4. The molecule has 0 bridgehead atoms. The van der Waals surface area contributed by atoms with Gasteiger partial charge in [0.2, 0.25) is 0 Å². The fraction of sp³-hybridized carbons (Fsp3) is 0.0500. The van der Waals surface area contributed by atoms with Gasteiger partial charge < -0.3 is 5.11 Å². The second-order valence-corrected chi connectivity index (χ2v) is 6.97. The summed E-state index contributed by atoms with van der Waals surface area (Å²) in [6, 6.07) is 13.0. The SMILES string of the molecule is Cc1c(-c2cc(C(=O)O)c3cc(Br)ccc3n2)cnn1-c1cccc(F)c1. The third-order valence-corrected chi connectivity index (χ3v) is 4.83. The van der Waals surface area contributed by atoms with Crippen LogP contribution in [0.25, 0.3) is 27.8 Å². The van der Waals surface area contributed by atoms with E-state index in [9.17, 15) is 14.3 Å². The van der Waals surface area contributed by atoms with E-state index in [-0.39, 0.29) is 11.4 Å². The molecule has 2 aromatic heterocycles. The molecule has 134 valence electrons. The van der Waals surface area contributed by atoms with Gasteiger partial charge in [-0.3, -0.25) is 0 Å². The van der Waals surface area contributed by atoms with Crippen LogP contribution in [0.3, 0.4) is 0 Å². The summed E-state index contributed by atoms with van der Waals surface area (Å²) in [6.07, 6.45) is 1.61. The van der Waals surface area contributed by atoms with E-state index in [2.05, 4.69) is 26.0 Å². The van der Waals surface area contributed by atoms with Gasteiger partial charge in [0.25, 0.3) is 0 Å². The summed E-state index contributed by atoms with van der Waals surface area (Å²) >= 11 is 3.36. The lowest BCUT2D eigenvalue weighted by Crippen LogP contribution is -2.02. The molecule has 27 heavy (non-hydrogen) atoms. The number of halogens is 2. The van der Waals surface area contributed by atoms with E-state index in [1.807, 2.05) is 13.0 Å². The predicted octanol–water partition coefficient (Wildman–Crippen LogP) is 5.00. The summed E-state index contributed by atoms with van der Waals surface area (Å²) < 4.78 is 15.9. The summed E-state index contributed by atoms with van der Waals surface area (Å²) in [5, 5.41) is 14.5. The zero-order valence-corrected chi connectivity index (χ0v) is 15.7. The highest BCUT2D eigenvalue weighted by Crippen LogP contribution is 2.29. The molecule has 0 aliphatic carbocycles. The average molecular weight is 426 g/mol. The second kappa shape index (κ2) is 6.59. The number of pyridine rings is 1. The first-order valence-electron chi connectivity index (χ1n) is 8.08. The predicted molar refractivity (Wildman–Crippen MR) is 104 cm³/mol. The van der Waals surface area contributed by atoms with Crippen LogP contribution in [-0.4, -0.2) is 25.8 Å². The summed E-state index contributed by atoms with van der Waals surface area (Å²) in [5.41, 5.74) is 3.25. The lowest BCUT2D eigenvalue weighted by Gasteiger charge is -2.08. The molecule has 2 heterocycles. The molecule has 1 N–H and O–H groups in total. The summed E-state index contributed by atoms with van der Waals surface area (Å²) in [5.74, 6) is -1.39. The average Bonchev–Trinajstić information content (AvgIpc) is 3.02. The lowest BCUT2D eigenvalue weighted by atomic mass is 10.0. The minimum absolute atomic E-state index is 0.161. The van der Waals surface area contributed by atoms with Crippen molar-refractivity contribution in [2.24, 2.45) is 0 Å². The van der Waals surface area contributed by atoms with Crippen LogP contribution in [-0.2, 0) is 0 Å². The first kappa shape index (κ1) is 17.4. The number of carboxylic acids is 1. The molecule has 0 aliphatic rings. The van der Waals surface area contributed by atoms with E-state index in [0.717, 1.165) is 10.2 Å². The van der Waals surface area contributed by atoms with Crippen molar-refractivity contribution in [2.75, 3.05) is 0 Å². The molecule has 0 aliphatic heterocycles. The van der Waals surface area contributed by atoms with E-state index in [0.29, 0.717) is 27.8 Å². The maximum atomic E-state index is 13.5. The highest BCUT2D eigenvalue weighted by molar-refractivity contribution is 9.10. The Morgan fingerprint density at radius 3 is 2.74 bits per heavy atom. The van der Waals surface area contributed by atoms with Gasteiger partial charge >= 0.3 is 5.97 Å². The van der Waals surface area contributed by atoms with E-state index < -0.39 is 5.97 Å². The van der Waals surface area contributed by atoms with Gasteiger partial charge in [-0.15, -0.1) is 0 Å². The van der Waals surface area contributed by atoms with Crippen LogP contribution in [0.15, 0.2) is 59.2 Å². The van der Waals surface area contributed by atoms with Crippen molar-refractivity contribution in [1.82, 2.24) is 14.8 Å². The van der Waals surface area contributed by atoms with Gasteiger partial charge in [0.1, 0.15) is 5.82 Å². The molecule has 0 radical (unpaired) electrons. The molecule has 0 unspecified atom stereocenters. The number of aromatic nitrogens is 3. The van der Waals surface area contributed by atoms with Gasteiger partial charge in [0.15, 0.2) is 0 Å². The van der Waals surface area contributed by atoms with E-state index in [1.165, 1.54) is 18.2 Å². The maximum Gasteiger partial charge on any atom is 0.336 e. The molecule has 2 aromatic carbocycles. The van der Waals surface area contributed by atoms with Gasteiger partial charge in [-0.2, -0.15) is 5.10 Å². The fourth-order valence-corrected chi connectivity index (χ4v) is 3.40. The third kappa shape index (κ3) is 3.10. The quantitative estimate of drug-likeness (QED) is 0.501. The van der Waals surface area contributed by atoms with Gasteiger partial charge in [0, 0.05) is 15.4 Å². The Labute approximate surface area is 162 Å². The highest BCUT2D eigenvalue weighted by atomic mass is 79.9. The summed E-state index contributed by atoms with van der Waals surface area (Å²) in [7, 11) is 0. The largest absolute Gasteiger partial charge is 0.478 e. The summed E-state index contributed by atoms with van der Waals surface area (Å²) in [6.45, 7) is 1.83. The number of benzene rings is 2. The fourth-order valence-electron chi connectivity index (χ4n) is 3.04. The molecule has 4 aromatic rings. The molecule has 7 heteroatoms. The highest BCUT2D eigenvalue weighted by Gasteiger charge is 2.17. The first-order chi connectivity index (χ1) is 12.9. The Balaban J connectivity index is 1.91. The minimum atomic E-state index is -1.03. The van der Waals surface area contributed by atoms with E-state index in [4.69, 9.17) is 0 Å². The Morgan fingerprint density at radius 2 is 2.00 bits per heavy atom. The molecule has 0 fully saturated rings. The number of carbonyl (C=O) groups is 1. The smallest absolute Gasteiger partial charge is 0.336 e.